The first kappa shape index (κ1) is 11.6. The van der Waals surface area contributed by atoms with Gasteiger partial charge in [-0.15, -0.1) is 0 Å². The van der Waals surface area contributed by atoms with E-state index in [1.807, 2.05) is 6.08 Å². The van der Waals surface area contributed by atoms with Crippen molar-refractivity contribution >= 4 is 34.2 Å². The molecule has 2 rings (SSSR count). The maximum Gasteiger partial charge on any atom is 0.263 e. The Bertz CT molecular complexity index is 448. The predicted octanol–water partition coefficient (Wildman–Crippen LogP) is 2.93. The Hall–Kier alpha value is -0.870. The number of carbonyl (C=O) groups excluding carboxylic acids is 1. The summed E-state index contributed by atoms with van der Waals surface area (Å²) in [7, 11) is 0. The van der Waals surface area contributed by atoms with Crippen molar-refractivity contribution in [2.45, 2.75) is 20.3 Å². The third kappa shape index (κ3) is 2.44. The third-order valence-corrected chi connectivity index (χ3v) is 3.86. The topological polar surface area (TPSA) is 29.1 Å². The van der Waals surface area contributed by atoms with Gasteiger partial charge >= 0.3 is 0 Å². The van der Waals surface area contributed by atoms with E-state index in [1.165, 1.54) is 17.3 Å². The fourth-order valence-corrected chi connectivity index (χ4v) is 2.84. The minimum absolute atomic E-state index is 0.0703. The molecule has 1 aliphatic heterocycles. The van der Waals surface area contributed by atoms with E-state index in [1.54, 1.807) is 0 Å². The van der Waals surface area contributed by atoms with Crippen LogP contribution in [0.2, 0.25) is 0 Å². The average Bonchev–Trinajstić information content (AvgIpc) is 2.51. The van der Waals surface area contributed by atoms with Gasteiger partial charge in [-0.25, -0.2) is 0 Å². The van der Waals surface area contributed by atoms with Gasteiger partial charge in [0.25, 0.3) is 5.91 Å². The van der Waals surface area contributed by atoms with E-state index in [0.717, 1.165) is 6.42 Å². The van der Waals surface area contributed by atoms with Crippen LogP contribution in [-0.2, 0) is 4.79 Å². The molecule has 0 spiro atoms. The van der Waals surface area contributed by atoms with Gasteiger partial charge in [-0.05, 0) is 13.3 Å². The Labute approximate surface area is 105 Å². The molecule has 84 valence electrons. The molecular formula is C12H13NOS2. The molecule has 0 aromatic rings. The summed E-state index contributed by atoms with van der Waals surface area (Å²) in [6.45, 7) is 4.20. The van der Waals surface area contributed by atoms with Crippen LogP contribution in [0, 0.1) is 5.41 Å². The maximum absolute atomic E-state index is 11.5. The Kier molecular flexibility index (Phi) is 3.04. The van der Waals surface area contributed by atoms with Crippen molar-refractivity contribution in [3.05, 3.63) is 34.8 Å². The summed E-state index contributed by atoms with van der Waals surface area (Å²) >= 11 is 6.30. The molecule has 2 aliphatic rings. The molecule has 1 amide bonds. The molecule has 2 nitrogen and oxygen atoms in total. The first-order valence-corrected chi connectivity index (χ1v) is 6.33. The van der Waals surface area contributed by atoms with E-state index in [2.05, 4.69) is 37.4 Å². The molecular weight excluding hydrogens is 238 g/mol. The molecule has 16 heavy (non-hydrogen) atoms. The van der Waals surface area contributed by atoms with E-state index in [4.69, 9.17) is 12.2 Å². The molecule has 1 aliphatic carbocycles. The number of allylic oxidation sites excluding steroid dienone is 5. The quantitative estimate of drug-likeness (QED) is 0.574. The van der Waals surface area contributed by atoms with Crippen LogP contribution in [0.1, 0.15) is 20.3 Å². The molecule has 0 radical (unpaired) electrons. The van der Waals surface area contributed by atoms with Gasteiger partial charge in [0.1, 0.15) is 4.32 Å². The van der Waals surface area contributed by atoms with Gasteiger partial charge in [0.15, 0.2) is 0 Å². The van der Waals surface area contributed by atoms with Gasteiger partial charge in [0.2, 0.25) is 0 Å². The largest absolute Gasteiger partial charge is 0.307 e. The summed E-state index contributed by atoms with van der Waals surface area (Å²) < 4.78 is 0.548. The lowest BCUT2D eigenvalue weighted by Crippen LogP contribution is -2.19. The van der Waals surface area contributed by atoms with Crippen molar-refractivity contribution < 1.29 is 4.79 Å². The van der Waals surface area contributed by atoms with Crippen LogP contribution in [-0.4, -0.2) is 10.2 Å². The van der Waals surface area contributed by atoms with Crippen LogP contribution >= 0.6 is 24.0 Å². The van der Waals surface area contributed by atoms with Crippen LogP contribution in [0.3, 0.4) is 0 Å². The molecule has 1 saturated heterocycles. The zero-order valence-electron chi connectivity index (χ0n) is 9.24. The molecule has 1 fully saturated rings. The van der Waals surface area contributed by atoms with E-state index >= 15 is 0 Å². The summed E-state index contributed by atoms with van der Waals surface area (Å²) in [5.74, 6) is -0.0732. The second-order valence-electron chi connectivity index (χ2n) is 4.34. The van der Waals surface area contributed by atoms with Crippen molar-refractivity contribution in [2.75, 3.05) is 0 Å². The van der Waals surface area contributed by atoms with Gasteiger partial charge in [-0.3, -0.25) is 4.79 Å². The minimum Gasteiger partial charge on any atom is -0.307 e. The number of hydrogen-bond donors (Lipinski definition) is 1. The van der Waals surface area contributed by atoms with Crippen LogP contribution < -0.4 is 5.32 Å². The van der Waals surface area contributed by atoms with Gasteiger partial charge in [-0.1, -0.05) is 60.8 Å². The van der Waals surface area contributed by atoms with Crippen LogP contribution in [0.4, 0.5) is 0 Å². The second-order valence-corrected chi connectivity index (χ2v) is 6.06. The summed E-state index contributed by atoms with van der Waals surface area (Å²) in [5.41, 5.74) is 1.20. The number of thiocarbonyl (C=S) groups is 1. The number of nitrogens with one attached hydrogen (secondary N) is 1. The minimum atomic E-state index is -0.0732. The Morgan fingerprint density at radius 3 is 2.88 bits per heavy atom. The average molecular weight is 251 g/mol. The highest BCUT2D eigenvalue weighted by molar-refractivity contribution is 8.26. The van der Waals surface area contributed by atoms with E-state index < -0.39 is 0 Å². The molecule has 1 unspecified atom stereocenters. The zero-order chi connectivity index (χ0) is 11.8. The monoisotopic (exact) mass is 251 g/mol. The number of hydrogen-bond acceptors (Lipinski definition) is 3. The smallest absolute Gasteiger partial charge is 0.263 e. The number of amides is 1. The predicted molar refractivity (Wildman–Crippen MR) is 72.0 cm³/mol. The maximum atomic E-state index is 11.5. The summed E-state index contributed by atoms with van der Waals surface area (Å²) in [6, 6.07) is 0. The summed E-state index contributed by atoms with van der Waals surface area (Å²) in [4.78, 5) is 12.3. The van der Waals surface area contributed by atoms with Crippen LogP contribution in [0.5, 0.6) is 0 Å². The first-order chi connectivity index (χ1) is 7.48. The van der Waals surface area contributed by atoms with Gasteiger partial charge < -0.3 is 5.32 Å². The fraction of sp³-hybridized carbons (Fsp3) is 0.333. The van der Waals surface area contributed by atoms with Gasteiger partial charge in [0.05, 0.1) is 4.91 Å². The number of thioether (sulfide) groups is 1. The number of rotatable bonds is 1. The molecule has 0 saturated carbocycles. The number of carbonyl (C=O) groups is 1. The molecule has 1 N–H and O–H groups in total. The first-order valence-electron chi connectivity index (χ1n) is 5.11. The molecule has 0 aromatic carbocycles. The highest BCUT2D eigenvalue weighted by Gasteiger charge is 2.27. The van der Waals surface area contributed by atoms with Crippen molar-refractivity contribution in [1.29, 1.82) is 0 Å². The summed E-state index contributed by atoms with van der Waals surface area (Å²) in [5, 5.41) is 2.63. The lowest BCUT2D eigenvalue weighted by molar-refractivity contribution is -0.115. The Balaban J connectivity index is 2.21. The Morgan fingerprint density at radius 1 is 1.62 bits per heavy atom. The van der Waals surface area contributed by atoms with Crippen molar-refractivity contribution in [1.82, 2.24) is 5.32 Å². The van der Waals surface area contributed by atoms with E-state index in [9.17, 15) is 4.79 Å². The zero-order valence-corrected chi connectivity index (χ0v) is 10.9. The van der Waals surface area contributed by atoms with Crippen molar-refractivity contribution in [2.24, 2.45) is 5.41 Å². The van der Waals surface area contributed by atoms with E-state index in [-0.39, 0.29) is 11.3 Å². The third-order valence-electron chi connectivity index (χ3n) is 2.69. The second kappa shape index (κ2) is 4.18. The molecule has 4 heteroatoms. The van der Waals surface area contributed by atoms with Crippen molar-refractivity contribution in [3.8, 4) is 0 Å². The highest BCUT2D eigenvalue weighted by atomic mass is 32.2. The summed E-state index contributed by atoms with van der Waals surface area (Å²) in [6.07, 6.45) is 9.36. The van der Waals surface area contributed by atoms with E-state index in [0.29, 0.717) is 9.23 Å². The lowest BCUT2D eigenvalue weighted by Gasteiger charge is -2.24. The Morgan fingerprint density at radius 2 is 2.38 bits per heavy atom. The fourth-order valence-electron chi connectivity index (χ4n) is 1.67. The van der Waals surface area contributed by atoms with Gasteiger partial charge in [-0.2, -0.15) is 0 Å². The van der Waals surface area contributed by atoms with Crippen LogP contribution in [0.15, 0.2) is 34.8 Å². The van der Waals surface area contributed by atoms with Gasteiger partial charge in [0, 0.05) is 5.41 Å². The lowest BCUT2D eigenvalue weighted by atomic mass is 9.82. The normalized spacial score (nSPS) is 31.9. The van der Waals surface area contributed by atoms with Crippen LogP contribution in [0.25, 0.3) is 0 Å². The molecule has 1 atom stereocenters. The SMILES string of the molecule is CC1=CCC(C)(C=C2SC(=S)NC2=O)C=C1. The molecule has 0 bridgehead atoms. The van der Waals surface area contributed by atoms with Crippen molar-refractivity contribution in [3.63, 3.8) is 0 Å². The molecule has 0 aromatic heterocycles. The highest BCUT2D eigenvalue weighted by Crippen LogP contribution is 2.35. The molecule has 1 heterocycles. The standard InChI is InChI=1S/C12H13NOS2/c1-8-3-5-12(2,6-4-8)7-9-10(14)13-11(15)16-9/h3-5,7H,6H2,1-2H3,(H,13,14,15).